The summed E-state index contributed by atoms with van der Waals surface area (Å²) in [6, 6.07) is 14.9. The van der Waals surface area contributed by atoms with Crippen LogP contribution in [0.25, 0.3) is 11.3 Å². The molecule has 0 saturated heterocycles. The maximum absolute atomic E-state index is 12.4. The zero-order chi connectivity index (χ0) is 18.0. The van der Waals surface area contributed by atoms with Crippen molar-refractivity contribution in [3.8, 4) is 11.3 Å². The zero-order valence-electron chi connectivity index (χ0n) is 13.8. The molecule has 25 heavy (non-hydrogen) atoms. The van der Waals surface area contributed by atoms with Crippen LogP contribution in [0.15, 0.2) is 59.0 Å². The van der Waals surface area contributed by atoms with Gasteiger partial charge in [-0.15, -0.1) is 0 Å². The molecule has 3 aromatic rings. The first-order valence-electron chi connectivity index (χ1n) is 7.68. The lowest BCUT2D eigenvalue weighted by Gasteiger charge is -2.09. The van der Waals surface area contributed by atoms with Gasteiger partial charge in [0.1, 0.15) is 5.76 Å². The van der Waals surface area contributed by atoms with E-state index in [9.17, 15) is 14.9 Å². The van der Waals surface area contributed by atoms with Gasteiger partial charge < -0.3 is 9.73 Å². The fourth-order valence-electron chi connectivity index (χ4n) is 2.43. The number of nitrogens with one attached hydrogen (secondary N) is 1. The summed E-state index contributed by atoms with van der Waals surface area (Å²) in [5.74, 6) is 0.303. The molecule has 3 rings (SSSR count). The van der Waals surface area contributed by atoms with E-state index in [1.807, 2.05) is 32.0 Å². The molecule has 0 aliphatic carbocycles. The minimum atomic E-state index is -0.463. The maximum atomic E-state index is 12.4. The van der Waals surface area contributed by atoms with Crippen molar-refractivity contribution < 1.29 is 14.1 Å². The molecule has 1 heterocycles. The van der Waals surface area contributed by atoms with Gasteiger partial charge in [-0.3, -0.25) is 14.9 Å². The lowest BCUT2D eigenvalue weighted by molar-refractivity contribution is -0.384. The van der Waals surface area contributed by atoms with Crippen LogP contribution >= 0.6 is 0 Å². The first kappa shape index (κ1) is 16.4. The smallest absolute Gasteiger partial charge is 0.291 e. The molecule has 6 heteroatoms. The van der Waals surface area contributed by atoms with E-state index in [1.165, 1.54) is 12.1 Å². The highest BCUT2D eigenvalue weighted by Crippen LogP contribution is 2.25. The van der Waals surface area contributed by atoms with Crippen molar-refractivity contribution in [1.29, 1.82) is 0 Å². The van der Waals surface area contributed by atoms with Crippen LogP contribution in [0.2, 0.25) is 0 Å². The molecule has 6 nitrogen and oxygen atoms in total. The average Bonchev–Trinajstić information content (AvgIpc) is 3.09. The quantitative estimate of drug-likeness (QED) is 0.551. The van der Waals surface area contributed by atoms with Gasteiger partial charge in [0.15, 0.2) is 5.76 Å². The van der Waals surface area contributed by atoms with Gasteiger partial charge in [-0.1, -0.05) is 12.1 Å². The average molecular weight is 336 g/mol. The van der Waals surface area contributed by atoms with E-state index in [-0.39, 0.29) is 17.4 Å². The van der Waals surface area contributed by atoms with E-state index in [2.05, 4.69) is 5.32 Å². The van der Waals surface area contributed by atoms with E-state index < -0.39 is 4.92 Å². The molecule has 126 valence electrons. The summed E-state index contributed by atoms with van der Waals surface area (Å²) >= 11 is 0. The van der Waals surface area contributed by atoms with Gasteiger partial charge in [0.2, 0.25) is 0 Å². The number of carbonyl (C=O) groups is 1. The van der Waals surface area contributed by atoms with Crippen molar-refractivity contribution in [1.82, 2.24) is 0 Å². The van der Waals surface area contributed by atoms with E-state index in [0.717, 1.165) is 16.8 Å². The Labute approximate surface area is 144 Å². The molecule has 0 bridgehead atoms. The number of furan rings is 1. The van der Waals surface area contributed by atoms with Crippen LogP contribution in [-0.2, 0) is 0 Å². The van der Waals surface area contributed by atoms with Gasteiger partial charge in [-0.05, 0) is 55.3 Å². The number of rotatable bonds is 4. The Hall–Kier alpha value is -3.41. The predicted molar refractivity (Wildman–Crippen MR) is 94.7 cm³/mol. The Balaban J connectivity index is 1.79. The highest BCUT2D eigenvalue weighted by atomic mass is 16.6. The fourth-order valence-corrected chi connectivity index (χ4v) is 2.43. The minimum Gasteiger partial charge on any atom is -0.451 e. The summed E-state index contributed by atoms with van der Waals surface area (Å²) in [4.78, 5) is 22.6. The Kier molecular flexibility index (Phi) is 4.35. The Morgan fingerprint density at radius 1 is 1.04 bits per heavy atom. The number of nitro benzene ring substituents is 1. The molecule has 0 saturated carbocycles. The summed E-state index contributed by atoms with van der Waals surface area (Å²) in [6.07, 6.45) is 0. The number of nitrogens with zero attached hydrogens (tertiary/aromatic N) is 1. The van der Waals surface area contributed by atoms with Crippen molar-refractivity contribution in [2.24, 2.45) is 0 Å². The molecule has 0 aliphatic rings. The van der Waals surface area contributed by atoms with Gasteiger partial charge in [0, 0.05) is 23.4 Å². The number of amides is 1. The highest BCUT2D eigenvalue weighted by molar-refractivity contribution is 6.03. The van der Waals surface area contributed by atoms with Crippen molar-refractivity contribution >= 4 is 17.3 Å². The Bertz CT molecular complexity index is 942. The molecule has 0 aliphatic heterocycles. The molecule has 0 spiro atoms. The number of nitro groups is 1. The van der Waals surface area contributed by atoms with Crippen molar-refractivity contribution in [3.63, 3.8) is 0 Å². The molecular weight excluding hydrogens is 320 g/mol. The van der Waals surface area contributed by atoms with Gasteiger partial charge in [-0.25, -0.2) is 0 Å². The molecule has 2 aromatic carbocycles. The predicted octanol–water partition coefficient (Wildman–Crippen LogP) is 4.72. The first-order valence-corrected chi connectivity index (χ1v) is 7.68. The standard InChI is InChI=1S/C19H16N2O4/c1-12-4-3-5-16(13(12)2)20-19(22)18-11-10-17(25-18)14-6-8-15(9-7-14)21(23)24/h3-11H,1-2H3,(H,20,22). The summed E-state index contributed by atoms with van der Waals surface area (Å²) in [5, 5.41) is 13.5. The van der Waals surface area contributed by atoms with Crippen LogP contribution in [0.1, 0.15) is 21.7 Å². The second kappa shape index (κ2) is 6.60. The lowest BCUT2D eigenvalue weighted by Crippen LogP contribution is -2.12. The topological polar surface area (TPSA) is 85.4 Å². The molecule has 1 N–H and O–H groups in total. The molecule has 0 radical (unpaired) electrons. The van der Waals surface area contributed by atoms with Crippen molar-refractivity contribution in [2.75, 3.05) is 5.32 Å². The number of benzene rings is 2. The molecule has 0 atom stereocenters. The van der Waals surface area contributed by atoms with E-state index in [4.69, 9.17) is 4.42 Å². The fraction of sp³-hybridized carbons (Fsp3) is 0.105. The number of aryl methyl sites for hydroxylation is 1. The molecule has 0 unspecified atom stereocenters. The van der Waals surface area contributed by atoms with Crippen LogP contribution in [0.3, 0.4) is 0 Å². The second-order valence-corrected chi connectivity index (χ2v) is 5.67. The molecule has 1 amide bonds. The number of anilines is 1. The second-order valence-electron chi connectivity index (χ2n) is 5.67. The lowest BCUT2D eigenvalue weighted by atomic mass is 10.1. The van der Waals surface area contributed by atoms with Crippen LogP contribution in [-0.4, -0.2) is 10.8 Å². The van der Waals surface area contributed by atoms with Crippen LogP contribution in [0.5, 0.6) is 0 Å². The van der Waals surface area contributed by atoms with Crippen LogP contribution in [0, 0.1) is 24.0 Å². The number of non-ortho nitro benzene ring substituents is 1. The van der Waals surface area contributed by atoms with Gasteiger partial charge in [-0.2, -0.15) is 0 Å². The summed E-state index contributed by atoms with van der Waals surface area (Å²) in [5.41, 5.74) is 3.49. The van der Waals surface area contributed by atoms with Gasteiger partial charge >= 0.3 is 0 Å². The third-order valence-corrected chi connectivity index (χ3v) is 4.05. The zero-order valence-corrected chi connectivity index (χ0v) is 13.8. The molecule has 0 fully saturated rings. The molecule has 1 aromatic heterocycles. The molecular formula is C19H16N2O4. The van der Waals surface area contributed by atoms with Gasteiger partial charge in [0.05, 0.1) is 4.92 Å². The minimum absolute atomic E-state index is 0.00296. The highest BCUT2D eigenvalue weighted by Gasteiger charge is 2.14. The first-order chi connectivity index (χ1) is 12.0. The van der Waals surface area contributed by atoms with E-state index in [0.29, 0.717) is 11.3 Å². The maximum Gasteiger partial charge on any atom is 0.291 e. The summed E-state index contributed by atoms with van der Waals surface area (Å²) in [6.45, 7) is 3.92. The van der Waals surface area contributed by atoms with Crippen LogP contribution < -0.4 is 5.32 Å². The number of hydrogen-bond acceptors (Lipinski definition) is 4. The van der Waals surface area contributed by atoms with Crippen molar-refractivity contribution in [3.05, 3.63) is 81.6 Å². The van der Waals surface area contributed by atoms with E-state index >= 15 is 0 Å². The third-order valence-electron chi connectivity index (χ3n) is 4.05. The van der Waals surface area contributed by atoms with Crippen molar-refractivity contribution in [2.45, 2.75) is 13.8 Å². The third kappa shape index (κ3) is 3.42. The summed E-state index contributed by atoms with van der Waals surface area (Å²) < 4.78 is 5.59. The number of carbonyl (C=O) groups excluding carboxylic acids is 1. The Morgan fingerprint density at radius 3 is 2.44 bits per heavy atom. The normalized spacial score (nSPS) is 10.5. The van der Waals surface area contributed by atoms with Gasteiger partial charge in [0.25, 0.3) is 11.6 Å². The monoisotopic (exact) mass is 336 g/mol. The number of hydrogen-bond donors (Lipinski definition) is 1. The van der Waals surface area contributed by atoms with E-state index in [1.54, 1.807) is 24.3 Å². The Morgan fingerprint density at radius 2 is 1.76 bits per heavy atom. The van der Waals surface area contributed by atoms with Crippen LogP contribution in [0.4, 0.5) is 11.4 Å². The SMILES string of the molecule is Cc1cccc(NC(=O)c2ccc(-c3ccc([N+](=O)[O-])cc3)o2)c1C. The summed E-state index contributed by atoms with van der Waals surface area (Å²) in [7, 11) is 0. The largest absolute Gasteiger partial charge is 0.451 e.